The van der Waals surface area contributed by atoms with E-state index in [0.717, 1.165) is 11.1 Å². The number of rotatable bonds is 8. The van der Waals surface area contributed by atoms with Crippen molar-refractivity contribution < 1.29 is 23.5 Å². The SMILES string of the molecule is COc1ccc(CCN(C)C(=O)c2cc3n(n2)CCN(Cc2ccc(F)cc2)C3=O)cc1OC. The number of amides is 2. The number of benzene rings is 2. The van der Waals surface area contributed by atoms with Gasteiger partial charge in [-0.3, -0.25) is 14.3 Å². The molecule has 0 N–H and O–H groups in total. The van der Waals surface area contributed by atoms with Crippen molar-refractivity contribution in [2.45, 2.75) is 19.5 Å². The number of methoxy groups -OCH3 is 2. The van der Waals surface area contributed by atoms with Crippen molar-refractivity contribution in [2.75, 3.05) is 34.4 Å². The summed E-state index contributed by atoms with van der Waals surface area (Å²) in [6.07, 6.45) is 0.626. The van der Waals surface area contributed by atoms with Crippen molar-refractivity contribution in [3.63, 3.8) is 0 Å². The molecule has 4 rings (SSSR count). The summed E-state index contributed by atoms with van der Waals surface area (Å²) < 4.78 is 25.3. The van der Waals surface area contributed by atoms with Crippen LogP contribution in [0.15, 0.2) is 48.5 Å². The molecule has 0 atom stereocenters. The number of halogens is 1. The van der Waals surface area contributed by atoms with Crippen LogP contribution in [0.2, 0.25) is 0 Å². The first-order valence-corrected chi connectivity index (χ1v) is 11.0. The molecule has 2 aromatic carbocycles. The molecule has 0 unspecified atom stereocenters. The van der Waals surface area contributed by atoms with Crippen LogP contribution in [0.1, 0.15) is 32.1 Å². The summed E-state index contributed by atoms with van der Waals surface area (Å²) in [4.78, 5) is 29.2. The molecule has 0 saturated carbocycles. The molecule has 1 aromatic heterocycles. The van der Waals surface area contributed by atoms with E-state index in [0.29, 0.717) is 49.8 Å². The summed E-state index contributed by atoms with van der Waals surface area (Å²) in [5.74, 6) is 0.525. The Morgan fingerprint density at radius 1 is 1.03 bits per heavy atom. The number of nitrogens with zero attached hydrogens (tertiary/aromatic N) is 4. The molecule has 1 aliphatic heterocycles. The number of carbonyl (C=O) groups excluding carboxylic acids is 2. The van der Waals surface area contributed by atoms with E-state index in [9.17, 15) is 14.0 Å². The van der Waals surface area contributed by atoms with Crippen molar-refractivity contribution in [3.8, 4) is 11.5 Å². The minimum Gasteiger partial charge on any atom is -0.493 e. The molecule has 0 bridgehead atoms. The highest BCUT2D eigenvalue weighted by Gasteiger charge is 2.28. The van der Waals surface area contributed by atoms with E-state index in [-0.39, 0.29) is 23.3 Å². The molecule has 3 aromatic rings. The van der Waals surface area contributed by atoms with Crippen LogP contribution in [0, 0.1) is 5.82 Å². The fourth-order valence-electron chi connectivity index (χ4n) is 3.93. The predicted octanol–water partition coefficient (Wildman–Crippen LogP) is 3.01. The maximum Gasteiger partial charge on any atom is 0.274 e. The quantitative estimate of drug-likeness (QED) is 0.510. The van der Waals surface area contributed by atoms with Crippen LogP contribution in [0.25, 0.3) is 0 Å². The van der Waals surface area contributed by atoms with Crippen molar-refractivity contribution in [1.29, 1.82) is 0 Å². The normalized spacial score (nSPS) is 12.9. The Kier molecular flexibility index (Phi) is 6.81. The van der Waals surface area contributed by atoms with E-state index in [1.165, 1.54) is 12.1 Å². The molecule has 0 radical (unpaired) electrons. The van der Waals surface area contributed by atoms with E-state index in [4.69, 9.17) is 9.47 Å². The molecule has 0 saturated heterocycles. The van der Waals surface area contributed by atoms with Gasteiger partial charge >= 0.3 is 0 Å². The smallest absolute Gasteiger partial charge is 0.274 e. The van der Waals surface area contributed by atoms with Gasteiger partial charge in [0.1, 0.15) is 11.5 Å². The van der Waals surface area contributed by atoms with Crippen molar-refractivity contribution in [1.82, 2.24) is 19.6 Å². The van der Waals surface area contributed by atoms with Crippen molar-refractivity contribution >= 4 is 11.8 Å². The van der Waals surface area contributed by atoms with E-state index in [1.807, 2.05) is 18.2 Å². The molecule has 2 heterocycles. The van der Waals surface area contributed by atoms with Crippen LogP contribution in [0.5, 0.6) is 11.5 Å². The van der Waals surface area contributed by atoms with Gasteiger partial charge in [-0.2, -0.15) is 5.10 Å². The van der Waals surface area contributed by atoms with E-state index < -0.39 is 0 Å². The summed E-state index contributed by atoms with van der Waals surface area (Å²) in [5.41, 5.74) is 2.47. The standard InChI is InChI=1S/C25H27FN4O4/c1-28(11-10-17-6-9-22(33-2)23(14-17)34-3)24(31)20-15-21-25(32)29(12-13-30(21)27-20)16-18-4-7-19(26)8-5-18/h4-9,14-15H,10-13,16H2,1-3H3. The lowest BCUT2D eigenvalue weighted by molar-refractivity contribution is 0.0682. The first kappa shape index (κ1) is 23.3. The second-order valence-corrected chi connectivity index (χ2v) is 8.16. The highest BCUT2D eigenvalue weighted by molar-refractivity contribution is 5.98. The number of fused-ring (bicyclic) bond motifs is 1. The minimum absolute atomic E-state index is 0.199. The van der Waals surface area contributed by atoms with Gasteiger partial charge in [0.05, 0.1) is 20.8 Å². The van der Waals surface area contributed by atoms with Crippen LogP contribution >= 0.6 is 0 Å². The third-order valence-electron chi connectivity index (χ3n) is 5.90. The molecule has 8 nitrogen and oxygen atoms in total. The Morgan fingerprint density at radius 2 is 1.74 bits per heavy atom. The highest BCUT2D eigenvalue weighted by atomic mass is 19.1. The zero-order valence-corrected chi connectivity index (χ0v) is 19.5. The highest BCUT2D eigenvalue weighted by Crippen LogP contribution is 2.27. The van der Waals surface area contributed by atoms with Gasteiger partial charge in [-0.05, 0) is 41.8 Å². The van der Waals surface area contributed by atoms with Gasteiger partial charge in [0, 0.05) is 32.7 Å². The molecule has 0 spiro atoms. The van der Waals surface area contributed by atoms with Crippen LogP contribution in [-0.2, 0) is 19.5 Å². The zero-order chi connectivity index (χ0) is 24.2. The van der Waals surface area contributed by atoms with Crippen LogP contribution < -0.4 is 9.47 Å². The van der Waals surface area contributed by atoms with Crippen LogP contribution in [0.3, 0.4) is 0 Å². The number of likely N-dealkylation sites (N-methyl/N-ethyl adjacent to an activating group) is 1. The van der Waals surface area contributed by atoms with Crippen LogP contribution in [0.4, 0.5) is 4.39 Å². The number of hydrogen-bond acceptors (Lipinski definition) is 5. The number of ether oxygens (including phenoxy) is 2. The second-order valence-electron chi connectivity index (χ2n) is 8.16. The molecule has 178 valence electrons. The Labute approximate surface area is 197 Å². The molecule has 34 heavy (non-hydrogen) atoms. The van der Waals surface area contributed by atoms with Gasteiger partial charge in [0.25, 0.3) is 11.8 Å². The van der Waals surface area contributed by atoms with Gasteiger partial charge in [-0.25, -0.2) is 4.39 Å². The van der Waals surface area contributed by atoms with Gasteiger partial charge in [-0.15, -0.1) is 0 Å². The Balaban J connectivity index is 1.40. The summed E-state index contributed by atoms with van der Waals surface area (Å²) in [5, 5.41) is 4.37. The molecule has 9 heteroatoms. The fourth-order valence-corrected chi connectivity index (χ4v) is 3.93. The van der Waals surface area contributed by atoms with Gasteiger partial charge < -0.3 is 19.3 Å². The fraction of sp³-hybridized carbons (Fsp3) is 0.320. The summed E-state index contributed by atoms with van der Waals surface area (Å²) in [6, 6.07) is 13.3. The molecule has 0 aliphatic carbocycles. The average Bonchev–Trinajstić information content (AvgIpc) is 3.30. The first-order valence-electron chi connectivity index (χ1n) is 11.0. The average molecular weight is 467 g/mol. The summed E-state index contributed by atoms with van der Waals surface area (Å²) >= 11 is 0. The van der Waals surface area contributed by atoms with E-state index in [1.54, 1.807) is 53.9 Å². The molecule has 0 fully saturated rings. The number of hydrogen-bond donors (Lipinski definition) is 0. The third-order valence-corrected chi connectivity index (χ3v) is 5.90. The molecule has 2 amide bonds. The van der Waals surface area contributed by atoms with Gasteiger partial charge in [0.15, 0.2) is 17.2 Å². The topological polar surface area (TPSA) is 76.9 Å². The molecule has 1 aliphatic rings. The zero-order valence-electron chi connectivity index (χ0n) is 19.5. The predicted molar refractivity (Wildman–Crippen MR) is 124 cm³/mol. The molecular weight excluding hydrogens is 439 g/mol. The first-order chi connectivity index (χ1) is 16.4. The molecular formula is C25H27FN4O4. The van der Waals surface area contributed by atoms with Crippen molar-refractivity contribution in [2.24, 2.45) is 0 Å². The van der Waals surface area contributed by atoms with Gasteiger partial charge in [-0.1, -0.05) is 18.2 Å². The number of carbonyl (C=O) groups is 2. The maximum atomic E-state index is 13.2. The minimum atomic E-state index is -0.315. The Hall–Kier alpha value is -3.88. The Bertz CT molecular complexity index is 1190. The van der Waals surface area contributed by atoms with Crippen LogP contribution in [-0.4, -0.2) is 65.8 Å². The Morgan fingerprint density at radius 3 is 2.44 bits per heavy atom. The monoisotopic (exact) mass is 466 g/mol. The lowest BCUT2D eigenvalue weighted by Gasteiger charge is -2.27. The van der Waals surface area contributed by atoms with E-state index in [2.05, 4.69) is 5.10 Å². The largest absolute Gasteiger partial charge is 0.493 e. The maximum absolute atomic E-state index is 13.2. The number of aromatic nitrogens is 2. The summed E-state index contributed by atoms with van der Waals surface area (Å²) in [6.45, 7) is 1.80. The van der Waals surface area contributed by atoms with Gasteiger partial charge in [0.2, 0.25) is 0 Å². The van der Waals surface area contributed by atoms with E-state index >= 15 is 0 Å². The third kappa shape index (κ3) is 4.88. The lowest BCUT2D eigenvalue weighted by Crippen LogP contribution is -2.39. The second kappa shape index (κ2) is 9.94. The summed E-state index contributed by atoms with van der Waals surface area (Å²) in [7, 11) is 4.88. The van der Waals surface area contributed by atoms with Crippen molar-refractivity contribution in [3.05, 3.63) is 76.9 Å². The lowest BCUT2D eigenvalue weighted by atomic mass is 10.1.